The fraction of sp³-hybridized carbons (Fsp3) is 0.226. The molecular formula is C31H29N3O5S. The van der Waals surface area contributed by atoms with E-state index in [9.17, 15) is 14.7 Å². The van der Waals surface area contributed by atoms with Crippen molar-refractivity contribution in [1.29, 1.82) is 0 Å². The summed E-state index contributed by atoms with van der Waals surface area (Å²) in [5.74, 6) is -0.544. The van der Waals surface area contributed by atoms with Crippen LogP contribution in [-0.2, 0) is 16.2 Å². The number of rotatable bonds is 9. The maximum Gasteiger partial charge on any atom is 0.301 e. The van der Waals surface area contributed by atoms with E-state index >= 15 is 0 Å². The molecule has 0 radical (unpaired) electrons. The van der Waals surface area contributed by atoms with E-state index < -0.39 is 17.7 Å². The van der Waals surface area contributed by atoms with Crippen molar-refractivity contribution in [2.45, 2.75) is 39.8 Å². The van der Waals surface area contributed by atoms with Gasteiger partial charge in [-0.05, 0) is 73.4 Å². The van der Waals surface area contributed by atoms with Gasteiger partial charge in [0.25, 0.3) is 5.78 Å². The van der Waals surface area contributed by atoms with Gasteiger partial charge >= 0.3 is 5.91 Å². The van der Waals surface area contributed by atoms with Crippen molar-refractivity contribution in [2.75, 3.05) is 11.5 Å². The largest absolute Gasteiger partial charge is 0.507 e. The Morgan fingerprint density at radius 1 is 0.925 bits per heavy atom. The average Bonchev–Trinajstić information content (AvgIpc) is 3.51. The number of ether oxygens (including phenoxy) is 2. The molecule has 204 valence electrons. The van der Waals surface area contributed by atoms with Crippen LogP contribution in [0.5, 0.6) is 11.5 Å². The van der Waals surface area contributed by atoms with E-state index in [2.05, 4.69) is 10.2 Å². The van der Waals surface area contributed by atoms with Crippen LogP contribution in [0.3, 0.4) is 0 Å². The molecule has 9 heteroatoms. The highest BCUT2D eigenvalue weighted by Gasteiger charge is 2.48. The van der Waals surface area contributed by atoms with Crippen LogP contribution in [0, 0.1) is 13.8 Å². The van der Waals surface area contributed by atoms with Gasteiger partial charge in [0.1, 0.15) is 28.9 Å². The van der Waals surface area contributed by atoms with Gasteiger partial charge in [0.15, 0.2) is 0 Å². The van der Waals surface area contributed by atoms with Gasteiger partial charge in [-0.1, -0.05) is 54.7 Å². The molecule has 1 fully saturated rings. The van der Waals surface area contributed by atoms with Gasteiger partial charge in [-0.2, -0.15) is 0 Å². The Labute approximate surface area is 236 Å². The normalized spacial score (nSPS) is 16.4. The van der Waals surface area contributed by atoms with Crippen molar-refractivity contribution in [3.05, 3.63) is 106 Å². The Bertz CT molecular complexity index is 1560. The van der Waals surface area contributed by atoms with Crippen LogP contribution in [-0.4, -0.2) is 33.6 Å². The Hall–Kier alpha value is -4.50. The SMILES string of the molecule is CCCOc1ccc(C2/C(=C(\O)c3ccc(OCc4ccccc4C)cc3)C(=O)C(=O)N2c2nnc(C)s2)cc1. The molecule has 8 nitrogen and oxygen atoms in total. The number of aliphatic hydroxyl groups excluding tert-OH is 1. The monoisotopic (exact) mass is 555 g/mol. The summed E-state index contributed by atoms with van der Waals surface area (Å²) < 4.78 is 11.6. The number of benzene rings is 3. The molecule has 1 aliphatic rings. The summed E-state index contributed by atoms with van der Waals surface area (Å²) in [6.45, 7) is 6.81. The smallest absolute Gasteiger partial charge is 0.301 e. The zero-order valence-electron chi connectivity index (χ0n) is 22.5. The lowest BCUT2D eigenvalue weighted by atomic mass is 9.95. The Kier molecular flexibility index (Phi) is 7.93. The second kappa shape index (κ2) is 11.7. The molecule has 0 spiro atoms. The van der Waals surface area contributed by atoms with Gasteiger partial charge in [-0.15, -0.1) is 10.2 Å². The number of amides is 1. The molecule has 2 heterocycles. The molecule has 40 heavy (non-hydrogen) atoms. The fourth-order valence-electron chi connectivity index (χ4n) is 4.49. The zero-order valence-corrected chi connectivity index (χ0v) is 23.3. The van der Waals surface area contributed by atoms with Crippen LogP contribution in [0.25, 0.3) is 5.76 Å². The van der Waals surface area contributed by atoms with Crippen molar-refractivity contribution in [3.8, 4) is 11.5 Å². The summed E-state index contributed by atoms with van der Waals surface area (Å²) in [5, 5.41) is 20.5. The molecule has 1 N–H and O–H groups in total. The molecule has 5 rings (SSSR count). The second-order valence-electron chi connectivity index (χ2n) is 9.43. The molecule has 0 bridgehead atoms. The van der Waals surface area contributed by atoms with Crippen molar-refractivity contribution in [2.24, 2.45) is 0 Å². The number of carbonyl (C=O) groups is 2. The van der Waals surface area contributed by atoms with E-state index in [1.807, 2.05) is 38.1 Å². The summed E-state index contributed by atoms with van der Waals surface area (Å²) in [6, 6.07) is 21.1. The molecular weight excluding hydrogens is 526 g/mol. The van der Waals surface area contributed by atoms with E-state index in [1.165, 1.54) is 16.2 Å². The second-order valence-corrected chi connectivity index (χ2v) is 10.6. The first kappa shape index (κ1) is 27.1. The van der Waals surface area contributed by atoms with E-state index in [-0.39, 0.29) is 16.5 Å². The van der Waals surface area contributed by atoms with Gasteiger partial charge in [-0.25, -0.2) is 0 Å². The van der Waals surface area contributed by atoms with Crippen molar-refractivity contribution < 1.29 is 24.2 Å². The van der Waals surface area contributed by atoms with Crippen LogP contribution in [0.15, 0.2) is 78.4 Å². The third kappa shape index (κ3) is 5.46. The third-order valence-corrected chi connectivity index (χ3v) is 7.46. The topological polar surface area (TPSA) is 102 Å². The summed E-state index contributed by atoms with van der Waals surface area (Å²) in [4.78, 5) is 27.9. The highest BCUT2D eigenvalue weighted by molar-refractivity contribution is 7.15. The van der Waals surface area contributed by atoms with Crippen LogP contribution < -0.4 is 14.4 Å². The number of aryl methyl sites for hydroxylation is 2. The van der Waals surface area contributed by atoms with Gasteiger partial charge in [0.05, 0.1) is 18.2 Å². The summed E-state index contributed by atoms with van der Waals surface area (Å²) in [7, 11) is 0. The molecule has 1 aliphatic heterocycles. The predicted molar refractivity (Wildman–Crippen MR) is 154 cm³/mol. The number of hydrogen-bond donors (Lipinski definition) is 1. The Morgan fingerprint density at radius 3 is 2.25 bits per heavy atom. The maximum atomic E-state index is 13.4. The lowest BCUT2D eigenvalue weighted by molar-refractivity contribution is -0.132. The molecule has 0 saturated carbocycles. The number of aliphatic hydroxyl groups is 1. The minimum Gasteiger partial charge on any atom is -0.507 e. The molecule has 3 aromatic carbocycles. The number of Topliss-reactive ketones (excluding diaryl/α,β-unsaturated/α-hetero) is 1. The van der Waals surface area contributed by atoms with Crippen LogP contribution in [0.1, 0.15) is 46.6 Å². The number of aromatic nitrogens is 2. The van der Waals surface area contributed by atoms with Crippen LogP contribution in [0.4, 0.5) is 5.13 Å². The van der Waals surface area contributed by atoms with E-state index in [4.69, 9.17) is 9.47 Å². The zero-order chi connectivity index (χ0) is 28.2. The molecule has 1 amide bonds. The first-order chi connectivity index (χ1) is 19.4. The maximum absolute atomic E-state index is 13.4. The van der Waals surface area contributed by atoms with Crippen molar-refractivity contribution in [1.82, 2.24) is 10.2 Å². The lowest BCUT2D eigenvalue weighted by Gasteiger charge is -2.22. The first-order valence-electron chi connectivity index (χ1n) is 13.0. The molecule has 0 aliphatic carbocycles. The highest BCUT2D eigenvalue weighted by atomic mass is 32.1. The van der Waals surface area contributed by atoms with E-state index in [0.29, 0.717) is 40.8 Å². The number of hydrogen-bond acceptors (Lipinski definition) is 8. The predicted octanol–water partition coefficient (Wildman–Crippen LogP) is 6.15. The molecule has 4 aromatic rings. The first-order valence-corrected chi connectivity index (χ1v) is 13.8. The van der Waals surface area contributed by atoms with Crippen molar-refractivity contribution in [3.63, 3.8) is 0 Å². The minimum atomic E-state index is -0.885. The molecule has 1 aromatic heterocycles. The standard InChI is InChI=1S/C31H29N3O5S/c1-4-17-38-24-13-9-21(10-14-24)27-26(29(36)30(37)34(27)31-33-32-20(3)40-31)28(35)22-11-15-25(16-12-22)39-18-23-8-6-5-7-19(23)2/h5-16,27,35H,4,17-18H2,1-3H3/b28-26+. The number of carbonyl (C=O) groups excluding carboxylic acids is 2. The van der Waals surface area contributed by atoms with Crippen LogP contribution in [0.2, 0.25) is 0 Å². The quantitative estimate of drug-likeness (QED) is 0.150. The number of ketones is 1. The summed E-state index contributed by atoms with van der Waals surface area (Å²) in [6.07, 6.45) is 0.869. The lowest BCUT2D eigenvalue weighted by Crippen LogP contribution is -2.29. The fourth-order valence-corrected chi connectivity index (χ4v) is 5.21. The molecule has 1 atom stereocenters. The third-order valence-electron chi connectivity index (χ3n) is 6.62. The minimum absolute atomic E-state index is 0.0198. The van der Waals surface area contributed by atoms with Gasteiger partial charge in [0.2, 0.25) is 5.13 Å². The molecule has 1 saturated heterocycles. The van der Waals surface area contributed by atoms with E-state index in [0.717, 1.165) is 17.5 Å². The molecule has 1 unspecified atom stereocenters. The van der Waals surface area contributed by atoms with Gasteiger partial charge in [0, 0.05) is 5.56 Å². The highest BCUT2D eigenvalue weighted by Crippen LogP contribution is 2.43. The van der Waals surface area contributed by atoms with Crippen LogP contribution >= 0.6 is 11.3 Å². The summed E-state index contributed by atoms with van der Waals surface area (Å²) >= 11 is 1.20. The number of anilines is 1. The van der Waals surface area contributed by atoms with E-state index in [1.54, 1.807) is 55.5 Å². The Morgan fingerprint density at radius 2 is 1.60 bits per heavy atom. The van der Waals surface area contributed by atoms with Gasteiger partial charge in [-0.3, -0.25) is 14.5 Å². The van der Waals surface area contributed by atoms with Gasteiger partial charge < -0.3 is 14.6 Å². The van der Waals surface area contributed by atoms with Crippen molar-refractivity contribution >= 4 is 33.9 Å². The summed E-state index contributed by atoms with van der Waals surface area (Å²) in [5.41, 5.74) is 3.22. The average molecular weight is 556 g/mol. The Balaban J connectivity index is 1.49. The number of nitrogens with zero attached hydrogens (tertiary/aromatic N) is 3.